The van der Waals surface area contributed by atoms with Gasteiger partial charge in [0, 0.05) is 37.2 Å². The molecule has 0 atom stereocenters. The number of nitrogens with zero attached hydrogens (tertiary/aromatic N) is 1. The summed E-state index contributed by atoms with van der Waals surface area (Å²) in [5.74, 6) is 0.670. The van der Waals surface area contributed by atoms with Crippen LogP contribution in [0.5, 0.6) is 5.75 Å². The molecular formula is C16H19NO4. The number of piperidine rings is 1. The van der Waals surface area contributed by atoms with Crippen LogP contribution in [0.4, 0.5) is 0 Å². The molecule has 2 heterocycles. The lowest BCUT2D eigenvalue weighted by molar-refractivity contribution is 0.0794. The van der Waals surface area contributed by atoms with Gasteiger partial charge in [0.2, 0.25) is 0 Å². The molecule has 0 amide bonds. The molecule has 3 rings (SSSR count). The molecule has 2 aromatic rings. The Morgan fingerprint density at radius 2 is 2.10 bits per heavy atom. The first-order valence-electron chi connectivity index (χ1n) is 7.17. The van der Waals surface area contributed by atoms with Crippen LogP contribution in [0.25, 0.3) is 11.0 Å². The van der Waals surface area contributed by atoms with Gasteiger partial charge in [-0.2, -0.15) is 0 Å². The van der Waals surface area contributed by atoms with Gasteiger partial charge in [-0.05, 0) is 30.5 Å². The summed E-state index contributed by atoms with van der Waals surface area (Å²) in [6.45, 7) is 2.39. The van der Waals surface area contributed by atoms with E-state index in [4.69, 9.17) is 9.15 Å². The number of methoxy groups -OCH3 is 1. The van der Waals surface area contributed by atoms with Crippen LogP contribution in [0.3, 0.4) is 0 Å². The minimum atomic E-state index is -0.345. The highest BCUT2D eigenvalue weighted by atomic mass is 16.5. The van der Waals surface area contributed by atoms with Crippen LogP contribution in [0.15, 0.2) is 33.5 Å². The molecule has 0 spiro atoms. The average molecular weight is 289 g/mol. The maximum atomic E-state index is 11.7. The van der Waals surface area contributed by atoms with Crippen molar-refractivity contribution in [2.24, 2.45) is 0 Å². The van der Waals surface area contributed by atoms with E-state index in [0.717, 1.165) is 36.9 Å². The van der Waals surface area contributed by atoms with E-state index >= 15 is 0 Å². The fourth-order valence-electron chi connectivity index (χ4n) is 2.79. The van der Waals surface area contributed by atoms with E-state index in [1.165, 1.54) is 0 Å². The van der Waals surface area contributed by atoms with Gasteiger partial charge in [0.05, 0.1) is 13.2 Å². The monoisotopic (exact) mass is 289 g/mol. The van der Waals surface area contributed by atoms with Gasteiger partial charge in [0.1, 0.15) is 11.3 Å². The second-order valence-electron chi connectivity index (χ2n) is 5.46. The van der Waals surface area contributed by atoms with Gasteiger partial charge in [-0.25, -0.2) is 4.79 Å². The summed E-state index contributed by atoms with van der Waals surface area (Å²) in [6.07, 6.45) is 1.38. The second-order valence-corrected chi connectivity index (χ2v) is 5.46. The minimum absolute atomic E-state index is 0.192. The van der Waals surface area contributed by atoms with E-state index in [1.807, 2.05) is 12.1 Å². The predicted molar refractivity (Wildman–Crippen MR) is 79.6 cm³/mol. The molecule has 0 radical (unpaired) electrons. The lowest BCUT2D eigenvalue weighted by atomic mass is 10.1. The molecule has 0 unspecified atom stereocenters. The van der Waals surface area contributed by atoms with Crippen molar-refractivity contribution in [3.8, 4) is 5.75 Å². The molecule has 1 aliphatic rings. The molecule has 1 saturated heterocycles. The summed E-state index contributed by atoms with van der Waals surface area (Å²) in [6, 6.07) is 7.08. The van der Waals surface area contributed by atoms with Crippen LogP contribution in [0.2, 0.25) is 0 Å². The van der Waals surface area contributed by atoms with Crippen LogP contribution in [-0.4, -0.2) is 36.3 Å². The van der Waals surface area contributed by atoms with Gasteiger partial charge in [-0.1, -0.05) is 0 Å². The third-order valence-electron chi connectivity index (χ3n) is 3.99. The Morgan fingerprint density at radius 1 is 1.33 bits per heavy atom. The highest BCUT2D eigenvalue weighted by Gasteiger charge is 2.18. The van der Waals surface area contributed by atoms with Gasteiger partial charge in [-0.15, -0.1) is 0 Å². The number of hydrogen-bond donors (Lipinski definition) is 1. The zero-order valence-corrected chi connectivity index (χ0v) is 12.0. The van der Waals surface area contributed by atoms with Gasteiger partial charge in [0.15, 0.2) is 0 Å². The largest absolute Gasteiger partial charge is 0.497 e. The third-order valence-corrected chi connectivity index (χ3v) is 3.99. The first kappa shape index (κ1) is 14.1. The highest BCUT2D eigenvalue weighted by molar-refractivity contribution is 5.81. The number of fused-ring (bicyclic) bond motifs is 1. The predicted octanol–water partition coefficient (Wildman–Crippen LogP) is 1.76. The topological polar surface area (TPSA) is 62.9 Å². The first-order chi connectivity index (χ1) is 10.2. The number of benzene rings is 1. The van der Waals surface area contributed by atoms with Crippen molar-refractivity contribution in [3.63, 3.8) is 0 Å². The van der Waals surface area contributed by atoms with E-state index in [2.05, 4.69) is 4.90 Å². The van der Waals surface area contributed by atoms with Crippen LogP contribution >= 0.6 is 0 Å². The van der Waals surface area contributed by atoms with Crippen LogP contribution in [0, 0.1) is 0 Å². The van der Waals surface area contributed by atoms with Crippen molar-refractivity contribution < 1.29 is 14.3 Å². The van der Waals surface area contributed by atoms with Crippen molar-refractivity contribution in [1.29, 1.82) is 0 Å². The van der Waals surface area contributed by atoms with E-state index in [9.17, 15) is 9.90 Å². The number of ether oxygens (including phenoxy) is 1. The van der Waals surface area contributed by atoms with Crippen molar-refractivity contribution in [3.05, 3.63) is 40.2 Å². The molecule has 1 fully saturated rings. The average Bonchev–Trinajstić information content (AvgIpc) is 2.48. The summed E-state index contributed by atoms with van der Waals surface area (Å²) in [5.41, 5.74) is 1.16. The number of aliphatic hydroxyl groups is 1. The summed E-state index contributed by atoms with van der Waals surface area (Å²) in [5, 5.41) is 10.5. The third kappa shape index (κ3) is 3.09. The van der Waals surface area contributed by atoms with E-state index in [-0.39, 0.29) is 11.7 Å². The van der Waals surface area contributed by atoms with Gasteiger partial charge >= 0.3 is 5.63 Å². The Bertz CT molecular complexity index is 686. The van der Waals surface area contributed by atoms with E-state index in [0.29, 0.717) is 17.9 Å². The van der Waals surface area contributed by atoms with Gasteiger partial charge in [-0.3, -0.25) is 4.90 Å². The highest BCUT2D eigenvalue weighted by Crippen LogP contribution is 2.24. The molecule has 1 aliphatic heterocycles. The van der Waals surface area contributed by atoms with Crippen molar-refractivity contribution >= 4 is 11.0 Å². The Morgan fingerprint density at radius 3 is 2.81 bits per heavy atom. The molecular weight excluding hydrogens is 270 g/mol. The smallest absolute Gasteiger partial charge is 0.336 e. The van der Waals surface area contributed by atoms with Crippen molar-refractivity contribution in [2.45, 2.75) is 25.5 Å². The van der Waals surface area contributed by atoms with E-state index in [1.54, 1.807) is 19.2 Å². The molecule has 5 heteroatoms. The number of aliphatic hydroxyl groups excluding tert-OH is 1. The Kier molecular flexibility index (Phi) is 3.94. The molecule has 1 aromatic heterocycles. The SMILES string of the molecule is COc1ccc2c(CN3CCC(O)CC3)cc(=O)oc2c1. The van der Waals surface area contributed by atoms with E-state index < -0.39 is 0 Å². The van der Waals surface area contributed by atoms with Crippen LogP contribution in [0.1, 0.15) is 18.4 Å². The van der Waals surface area contributed by atoms with Crippen LogP contribution in [-0.2, 0) is 6.54 Å². The number of rotatable bonds is 3. The molecule has 0 saturated carbocycles. The van der Waals surface area contributed by atoms with Gasteiger partial charge in [0.25, 0.3) is 0 Å². The maximum Gasteiger partial charge on any atom is 0.336 e. The zero-order valence-electron chi connectivity index (χ0n) is 12.0. The number of likely N-dealkylation sites (tertiary alicyclic amines) is 1. The standard InChI is InChI=1S/C16H19NO4/c1-20-13-2-3-14-11(8-16(19)21-15(14)9-13)10-17-6-4-12(18)5-7-17/h2-3,8-9,12,18H,4-7,10H2,1H3. The van der Waals surface area contributed by atoms with Crippen molar-refractivity contribution in [1.82, 2.24) is 4.90 Å². The lowest BCUT2D eigenvalue weighted by Gasteiger charge is -2.29. The van der Waals surface area contributed by atoms with Gasteiger partial charge < -0.3 is 14.3 Å². The number of hydrogen-bond acceptors (Lipinski definition) is 5. The molecule has 5 nitrogen and oxygen atoms in total. The molecule has 21 heavy (non-hydrogen) atoms. The fourth-order valence-corrected chi connectivity index (χ4v) is 2.79. The molecule has 112 valence electrons. The fraction of sp³-hybridized carbons (Fsp3) is 0.438. The second kappa shape index (κ2) is 5.87. The molecule has 0 aliphatic carbocycles. The Labute approximate surface area is 122 Å². The normalized spacial score (nSPS) is 17.2. The summed E-state index contributed by atoms with van der Waals surface area (Å²) < 4.78 is 10.4. The summed E-state index contributed by atoms with van der Waals surface area (Å²) in [4.78, 5) is 14.0. The minimum Gasteiger partial charge on any atom is -0.497 e. The summed E-state index contributed by atoms with van der Waals surface area (Å²) >= 11 is 0. The maximum absolute atomic E-state index is 11.7. The first-order valence-corrected chi connectivity index (χ1v) is 7.17. The Hall–Kier alpha value is -1.85. The summed E-state index contributed by atoms with van der Waals surface area (Å²) in [7, 11) is 1.59. The molecule has 1 N–H and O–H groups in total. The zero-order chi connectivity index (χ0) is 14.8. The molecule has 1 aromatic carbocycles. The molecule has 0 bridgehead atoms. The van der Waals surface area contributed by atoms with Crippen LogP contribution < -0.4 is 10.4 Å². The lowest BCUT2D eigenvalue weighted by Crippen LogP contribution is -2.35. The van der Waals surface area contributed by atoms with Crippen molar-refractivity contribution in [2.75, 3.05) is 20.2 Å². The quantitative estimate of drug-likeness (QED) is 0.872. The Balaban J connectivity index is 1.92.